The van der Waals surface area contributed by atoms with E-state index in [1.807, 2.05) is 32.0 Å². The minimum Gasteiger partial charge on any atom is -0.354 e. The van der Waals surface area contributed by atoms with Gasteiger partial charge in [0.2, 0.25) is 0 Å². The van der Waals surface area contributed by atoms with Crippen molar-refractivity contribution >= 4 is 53.6 Å². The lowest BCUT2D eigenvalue weighted by Crippen LogP contribution is -2.50. The minimum atomic E-state index is -4.06. The van der Waals surface area contributed by atoms with Crippen LogP contribution in [0.2, 0.25) is 0 Å². The Morgan fingerprint density at radius 1 is 0.829 bits per heavy atom. The van der Waals surface area contributed by atoms with Crippen molar-refractivity contribution in [1.82, 2.24) is 25.1 Å². The van der Waals surface area contributed by atoms with E-state index in [9.17, 15) is 18.0 Å². The first kappa shape index (κ1) is 23.2. The summed E-state index contributed by atoms with van der Waals surface area (Å²) >= 11 is 0. The van der Waals surface area contributed by atoms with Gasteiger partial charge in [-0.25, -0.2) is 13.8 Å². The van der Waals surface area contributed by atoms with E-state index >= 15 is 0 Å². The highest BCUT2D eigenvalue weighted by Crippen LogP contribution is 2.24. The summed E-state index contributed by atoms with van der Waals surface area (Å²) in [5.41, 5.74) is 4.21. The Hall–Kier alpha value is -3.57. The quantitative estimate of drug-likeness (QED) is 0.164. The second kappa shape index (κ2) is 8.58. The molecule has 2 aromatic heterocycles. The Labute approximate surface area is 200 Å². The molecule has 0 saturated carbocycles. The van der Waals surface area contributed by atoms with E-state index in [0.717, 1.165) is 0 Å². The predicted molar refractivity (Wildman–Crippen MR) is 139 cm³/mol. The van der Waals surface area contributed by atoms with E-state index < -0.39 is 15.5 Å². The summed E-state index contributed by atoms with van der Waals surface area (Å²) in [6, 6.07) is 15.0. The molecule has 10 heteroatoms. The standard InChI is InChI=1S/C25H25N5O4S/c1-4-22(30(2)3)28-29-35(33,34)21-11-7-10-18-23(21)25(32)16-13-19-15(12-20(16)27-18)24(31)14-8-5-6-9-17(14)26-19/h5-13,22,28-29H,4H2,1-3H3,(H,26,31)(H,27,32). The zero-order chi connectivity index (χ0) is 24.9. The monoisotopic (exact) mass is 491 g/mol. The number of rotatable bonds is 6. The smallest absolute Gasteiger partial charge is 0.254 e. The molecule has 0 radical (unpaired) electrons. The molecule has 9 nitrogen and oxygen atoms in total. The molecule has 0 aliphatic rings. The second-order valence-corrected chi connectivity index (χ2v) is 10.4. The molecular weight excluding hydrogens is 466 g/mol. The van der Waals surface area contributed by atoms with Gasteiger partial charge in [-0.05, 0) is 56.9 Å². The number of hydrazine groups is 1. The number of para-hydroxylation sites is 1. The van der Waals surface area contributed by atoms with Crippen LogP contribution in [0.1, 0.15) is 13.3 Å². The van der Waals surface area contributed by atoms with Gasteiger partial charge in [0.05, 0.1) is 33.0 Å². The highest BCUT2D eigenvalue weighted by Gasteiger charge is 2.22. The van der Waals surface area contributed by atoms with E-state index in [4.69, 9.17) is 0 Å². The van der Waals surface area contributed by atoms with Gasteiger partial charge in [0.25, 0.3) is 10.0 Å². The molecule has 0 fully saturated rings. The molecule has 1 atom stereocenters. The van der Waals surface area contributed by atoms with Crippen LogP contribution in [0.4, 0.5) is 0 Å². The van der Waals surface area contributed by atoms with E-state index in [1.165, 1.54) is 6.07 Å². The third kappa shape index (κ3) is 3.90. The van der Waals surface area contributed by atoms with Gasteiger partial charge in [-0.15, -0.1) is 4.83 Å². The summed E-state index contributed by atoms with van der Waals surface area (Å²) in [4.78, 5) is 37.2. The zero-order valence-electron chi connectivity index (χ0n) is 19.5. The number of aromatic amines is 2. The molecule has 35 heavy (non-hydrogen) atoms. The molecule has 0 aliphatic heterocycles. The van der Waals surface area contributed by atoms with Gasteiger partial charge in [-0.1, -0.05) is 25.1 Å². The summed E-state index contributed by atoms with van der Waals surface area (Å²) < 4.78 is 26.4. The van der Waals surface area contributed by atoms with Crippen molar-refractivity contribution in [2.24, 2.45) is 0 Å². The van der Waals surface area contributed by atoms with Crippen LogP contribution in [0.3, 0.4) is 0 Å². The Morgan fingerprint density at radius 2 is 1.46 bits per heavy atom. The predicted octanol–water partition coefficient (Wildman–Crippen LogP) is 2.76. The van der Waals surface area contributed by atoms with Crippen molar-refractivity contribution < 1.29 is 8.42 Å². The van der Waals surface area contributed by atoms with Crippen molar-refractivity contribution in [2.75, 3.05) is 14.1 Å². The fourth-order valence-corrected chi connectivity index (χ4v) is 5.56. The first-order valence-electron chi connectivity index (χ1n) is 11.2. The largest absolute Gasteiger partial charge is 0.354 e. The van der Waals surface area contributed by atoms with E-state index in [2.05, 4.69) is 20.2 Å². The molecule has 0 aliphatic carbocycles. The van der Waals surface area contributed by atoms with Crippen LogP contribution in [0.25, 0.3) is 43.6 Å². The maximum atomic E-state index is 13.6. The van der Waals surface area contributed by atoms with Crippen LogP contribution in [0.15, 0.2) is 69.1 Å². The molecule has 5 rings (SSSR count). The molecule has 3 aromatic carbocycles. The topological polar surface area (TPSA) is 127 Å². The maximum absolute atomic E-state index is 13.6. The number of benzene rings is 3. The SMILES string of the molecule is CCC(NNS(=O)(=O)c1cccc2[nH]c3cc4c(=O)c5ccccc5[nH]c4cc3c(=O)c12)N(C)C. The van der Waals surface area contributed by atoms with Crippen LogP contribution < -0.4 is 21.1 Å². The highest BCUT2D eigenvalue weighted by atomic mass is 32.2. The van der Waals surface area contributed by atoms with Gasteiger partial charge in [0.1, 0.15) is 0 Å². The molecule has 0 bridgehead atoms. The lowest BCUT2D eigenvalue weighted by atomic mass is 10.1. The van der Waals surface area contributed by atoms with E-state index in [-0.39, 0.29) is 27.3 Å². The lowest BCUT2D eigenvalue weighted by molar-refractivity contribution is 0.231. The summed E-state index contributed by atoms with van der Waals surface area (Å²) in [7, 11) is -0.390. The van der Waals surface area contributed by atoms with Gasteiger partial charge < -0.3 is 9.97 Å². The van der Waals surface area contributed by atoms with Crippen LogP contribution >= 0.6 is 0 Å². The number of nitrogens with zero attached hydrogens (tertiary/aromatic N) is 1. The Balaban J connectivity index is 1.73. The van der Waals surface area contributed by atoms with Crippen molar-refractivity contribution in [3.8, 4) is 0 Å². The molecule has 1 unspecified atom stereocenters. The van der Waals surface area contributed by atoms with Crippen LogP contribution in [-0.2, 0) is 10.0 Å². The van der Waals surface area contributed by atoms with Crippen LogP contribution in [0.5, 0.6) is 0 Å². The number of sulfonamides is 1. The number of hydrogen-bond donors (Lipinski definition) is 4. The fourth-order valence-electron chi connectivity index (χ4n) is 4.43. The first-order valence-corrected chi connectivity index (χ1v) is 12.7. The lowest BCUT2D eigenvalue weighted by Gasteiger charge is -2.24. The molecule has 0 saturated heterocycles. The number of nitrogens with one attached hydrogen (secondary N) is 4. The fraction of sp³-hybridized carbons (Fsp3) is 0.200. The molecule has 0 amide bonds. The average Bonchev–Trinajstić information content (AvgIpc) is 2.83. The van der Waals surface area contributed by atoms with Gasteiger partial charge in [-0.2, -0.15) is 0 Å². The summed E-state index contributed by atoms with van der Waals surface area (Å²) in [6.07, 6.45) is 0.438. The van der Waals surface area contributed by atoms with Gasteiger partial charge in [-0.3, -0.25) is 14.5 Å². The highest BCUT2D eigenvalue weighted by molar-refractivity contribution is 7.89. The van der Waals surface area contributed by atoms with E-state index in [0.29, 0.717) is 39.3 Å². The third-order valence-electron chi connectivity index (χ3n) is 6.27. The van der Waals surface area contributed by atoms with Crippen molar-refractivity contribution in [3.05, 3.63) is 75.0 Å². The Morgan fingerprint density at radius 3 is 2.14 bits per heavy atom. The average molecular weight is 492 g/mol. The first-order chi connectivity index (χ1) is 16.7. The molecule has 180 valence electrons. The molecule has 4 N–H and O–H groups in total. The number of hydrogen-bond acceptors (Lipinski definition) is 6. The Kier molecular flexibility index (Phi) is 5.68. The van der Waals surface area contributed by atoms with Gasteiger partial charge >= 0.3 is 0 Å². The number of aromatic nitrogens is 2. The van der Waals surface area contributed by atoms with Crippen molar-refractivity contribution in [3.63, 3.8) is 0 Å². The zero-order valence-corrected chi connectivity index (χ0v) is 20.3. The third-order valence-corrected chi connectivity index (χ3v) is 7.58. The van der Waals surface area contributed by atoms with Crippen molar-refractivity contribution in [2.45, 2.75) is 24.4 Å². The van der Waals surface area contributed by atoms with Gasteiger partial charge in [0, 0.05) is 21.7 Å². The van der Waals surface area contributed by atoms with Crippen LogP contribution in [-0.4, -0.2) is 43.5 Å². The van der Waals surface area contributed by atoms with E-state index in [1.54, 1.807) is 42.5 Å². The molecule has 0 spiro atoms. The Bertz CT molecular complexity index is 1840. The minimum absolute atomic E-state index is 0.0506. The molecular formula is C25H25N5O4S. The summed E-state index contributed by atoms with van der Waals surface area (Å²) in [5, 5.41) is 1.33. The normalized spacial score (nSPS) is 13.4. The second-order valence-electron chi connectivity index (χ2n) is 8.71. The molecule has 5 aromatic rings. The summed E-state index contributed by atoms with van der Waals surface area (Å²) in [5.74, 6) is 0. The number of pyridine rings is 2. The molecule has 2 heterocycles. The van der Waals surface area contributed by atoms with Crippen LogP contribution in [0, 0.1) is 0 Å². The number of H-pyrrole nitrogens is 2. The number of fused-ring (bicyclic) bond motifs is 4. The summed E-state index contributed by atoms with van der Waals surface area (Å²) in [6.45, 7) is 1.93. The van der Waals surface area contributed by atoms with Gasteiger partial charge in [0.15, 0.2) is 10.9 Å². The maximum Gasteiger partial charge on any atom is 0.254 e. The van der Waals surface area contributed by atoms with Crippen molar-refractivity contribution in [1.29, 1.82) is 0 Å².